The summed E-state index contributed by atoms with van der Waals surface area (Å²) >= 11 is 0. The Hall–Kier alpha value is -1.43. The van der Waals surface area contributed by atoms with Gasteiger partial charge in [0, 0.05) is 19.6 Å². The maximum Gasteiger partial charge on any atom is 0.239 e. The summed E-state index contributed by atoms with van der Waals surface area (Å²) in [5.41, 5.74) is 12.9. The summed E-state index contributed by atoms with van der Waals surface area (Å²) in [6.45, 7) is 8.27. The standard InChI is InChI=1S/C21H38N4O/c1-18(2)12-14-24-15-17-25(21(26)20(23)11-6-13-22)16-7-10-19-8-4-3-5-9-19/h3-5,8-9,18,20,24H,6-7,10-17,22-23H2,1-2H3/t20-/m0/s1. The summed E-state index contributed by atoms with van der Waals surface area (Å²) in [6.07, 6.45) is 4.52. The van der Waals surface area contributed by atoms with Gasteiger partial charge in [-0.2, -0.15) is 0 Å². The van der Waals surface area contributed by atoms with Crippen molar-refractivity contribution in [2.45, 2.75) is 52.0 Å². The molecule has 0 aliphatic rings. The maximum absolute atomic E-state index is 12.7. The number of nitrogens with one attached hydrogen (secondary N) is 1. The Morgan fingerprint density at radius 2 is 1.81 bits per heavy atom. The molecule has 0 aliphatic carbocycles. The molecule has 0 heterocycles. The number of benzene rings is 1. The second kappa shape index (κ2) is 13.7. The molecule has 0 aliphatic heterocycles. The van der Waals surface area contributed by atoms with E-state index in [-0.39, 0.29) is 5.91 Å². The van der Waals surface area contributed by atoms with Crippen molar-refractivity contribution in [2.24, 2.45) is 17.4 Å². The Morgan fingerprint density at radius 1 is 1.08 bits per heavy atom. The van der Waals surface area contributed by atoms with Crippen LogP contribution in [0.3, 0.4) is 0 Å². The summed E-state index contributed by atoms with van der Waals surface area (Å²) in [4.78, 5) is 14.6. The summed E-state index contributed by atoms with van der Waals surface area (Å²) in [6, 6.07) is 9.96. The van der Waals surface area contributed by atoms with Crippen LogP contribution in [0.2, 0.25) is 0 Å². The van der Waals surface area contributed by atoms with Crippen molar-refractivity contribution in [1.82, 2.24) is 10.2 Å². The fourth-order valence-electron chi connectivity index (χ4n) is 2.88. The molecule has 26 heavy (non-hydrogen) atoms. The molecular formula is C21H38N4O. The van der Waals surface area contributed by atoms with Crippen molar-refractivity contribution in [3.05, 3.63) is 35.9 Å². The van der Waals surface area contributed by atoms with Gasteiger partial charge < -0.3 is 21.7 Å². The topological polar surface area (TPSA) is 84.4 Å². The van der Waals surface area contributed by atoms with E-state index in [1.807, 2.05) is 11.0 Å². The van der Waals surface area contributed by atoms with Crippen LogP contribution in [-0.4, -0.2) is 49.6 Å². The van der Waals surface area contributed by atoms with Crippen LogP contribution in [-0.2, 0) is 11.2 Å². The number of rotatable bonds is 14. The molecule has 0 saturated heterocycles. The molecule has 0 fully saturated rings. The lowest BCUT2D eigenvalue weighted by molar-refractivity contribution is -0.132. The zero-order valence-electron chi connectivity index (χ0n) is 16.6. The highest BCUT2D eigenvalue weighted by atomic mass is 16.2. The molecule has 5 nitrogen and oxygen atoms in total. The summed E-state index contributed by atoms with van der Waals surface area (Å²) in [7, 11) is 0. The quantitative estimate of drug-likeness (QED) is 0.443. The molecule has 0 unspecified atom stereocenters. The molecule has 1 amide bonds. The smallest absolute Gasteiger partial charge is 0.239 e. The van der Waals surface area contributed by atoms with Crippen LogP contribution in [0.15, 0.2) is 30.3 Å². The first kappa shape index (κ1) is 22.6. The van der Waals surface area contributed by atoms with Crippen molar-refractivity contribution in [2.75, 3.05) is 32.7 Å². The van der Waals surface area contributed by atoms with Gasteiger partial charge in [-0.25, -0.2) is 0 Å². The molecule has 0 aromatic heterocycles. The van der Waals surface area contributed by atoms with Gasteiger partial charge in [-0.3, -0.25) is 4.79 Å². The Labute approximate surface area is 159 Å². The molecule has 148 valence electrons. The third-order valence-corrected chi connectivity index (χ3v) is 4.54. The molecule has 0 bridgehead atoms. The van der Waals surface area contributed by atoms with Gasteiger partial charge >= 0.3 is 0 Å². The molecule has 1 atom stereocenters. The van der Waals surface area contributed by atoms with E-state index in [1.54, 1.807) is 0 Å². The van der Waals surface area contributed by atoms with E-state index in [0.29, 0.717) is 25.4 Å². The van der Waals surface area contributed by atoms with E-state index in [0.717, 1.165) is 45.3 Å². The van der Waals surface area contributed by atoms with Crippen LogP contribution in [0.4, 0.5) is 0 Å². The first-order chi connectivity index (χ1) is 12.5. The normalized spacial score (nSPS) is 12.3. The van der Waals surface area contributed by atoms with Crippen LogP contribution in [0, 0.1) is 5.92 Å². The SMILES string of the molecule is CC(C)CCNCCN(CCCc1ccccc1)C(=O)[C@@H](N)CCCN. The lowest BCUT2D eigenvalue weighted by Gasteiger charge is -2.26. The predicted octanol–water partition coefficient (Wildman–Crippen LogP) is 2.15. The number of carbonyl (C=O) groups excluding carboxylic acids is 1. The zero-order valence-corrected chi connectivity index (χ0v) is 16.6. The van der Waals surface area contributed by atoms with Crippen molar-refractivity contribution in [3.63, 3.8) is 0 Å². The van der Waals surface area contributed by atoms with Crippen LogP contribution in [0.25, 0.3) is 0 Å². The molecule has 1 aromatic rings. The Kier molecular flexibility index (Phi) is 11.9. The number of hydrogen-bond acceptors (Lipinski definition) is 4. The van der Waals surface area contributed by atoms with Crippen molar-refractivity contribution in [3.8, 4) is 0 Å². The second-order valence-corrected chi connectivity index (χ2v) is 7.38. The number of amides is 1. The molecule has 1 rings (SSSR count). The first-order valence-corrected chi connectivity index (χ1v) is 10.0. The highest BCUT2D eigenvalue weighted by Gasteiger charge is 2.20. The third kappa shape index (κ3) is 9.90. The third-order valence-electron chi connectivity index (χ3n) is 4.54. The molecule has 0 spiro atoms. The number of carbonyl (C=O) groups is 1. The fourth-order valence-corrected chi connectivity index (χ4v) is 2.88. The van der Waals surface area contributed by atoms with Gasteiger partial charge in [-0.15, -0.1) is 0 Å². The largest absolute Gasteiger partial charge is 0.340 e. The van der Waals surface area contributed by atoms with Crippen LogP contribution >= 0.6 is 0 Å². The van der Waals surface area contributed by atoms with Gasteiger partial charge in [0.25, 0.3) is 0 Å². The van der Waals surface area contributed by atoms with Gasteiger partial charge in [-0.05, 0) is 56.7 Å². The molecule has 0 saturated carbocycles. The molecule has 0 radical (unpaired) electrons. The molecular weight excluding hydrogens is 324 g/mol. The van der Waals surface area contributed by atoms with Crippen LogP contribution < -0.4 is 16.8 Å². The maximum atomic E-state index is 12.7. The predicted molar refractivity (Wildman–Crippen MR) is 110 cm³/mol. The van der Waals surface area contributed by atoms with Gasteiger partial charge in [0.1, 0.15) is 0 Å². The van der Waals surface area contributed by atoms with E-state index >= 15 is 0 Å². The van der Waals surface area contributed by atoms with Crippen molar-refractivity contribution >= 4 is 5.91 Å². The Morgan fingerprint density at radius 3 is 2.46 bits per heavy atom. The van der Waals surface area contributed by atoms with Gasteiger partial charge in [-0.1, -0.05) is 44.2 Å². The van der Waals surface area contributed by atoms with E-state index in [1.165, 1.54) is 5.56 Å². The summed E-state index contributed by atoms with van der Waals surface area (Å²) in [5, 5.41) is 3.44. The number of nitrogens with two attached hydrogens (primary N) is 2. The number of aryl methyl sites for hydroxylation is 1. The van der Waals surface area contributed by atoms with Crippen LogP contribution in [0.5, 0.6) is 0 Å². The lowest BCUT2D eigenvalue weighted by Crippen LogP contribution is -2.46. The monoisotopic (exact) mass is 362 g/mol. The summed E-state index contributed by atoms with van der Waals surface area (Å²) in [5.74, 6) is 0.743. The minimum atomic E-state index is -0.439. The Balaban J connectivity index is 2.46. The van der Waals surface area contributed by atoms with Gasteiger partial charge in [0.2, 0.25) is 5.91 Å². The zero-order chi connectivity index (χ0) is 19.2. The minimum absolute atomic E-state index is 0.0529. The van der Waals surface area contributed by atoms with E-state index < -0.39 is 6.04 Å². The average Bonchev–Trinajstić information content (AvgIpc) is 2.64. The molecule has 5 N–H and O–H groups in total. The summed E-state index contributed by atoms with van der Waals surface area (Å²) < 4.78 is 0. The van der Waals surface area contributed by atoms with Gasteiger partial charge in [0.15, 0.2) is 0 Å². The highest BCUT2D eigenvalue weighted by molar-refractivity contribution is 5.81. The van der Waals surface area contributed by atoms with Crippen molar-refractivity contribution in [1.29, 1.82) is 0 Å². The van der Waals surface area contributed by atoms with Gasteiger partial charge in [0.05, 0.1) is 6.04 Å². The number of hydrogen-bond donors (Lipinski definition) is 3. The Bertz CT molecular complexity index is 478. The van der Waals surface area contributed by atoms with Crippen LogP contribution in [0.1, 0.15) is 45.1 Å². The van der Waals surface area contributed by atoms with Crippen molar-refractivity contribution < 1.29 is 4.79 Å². The lowest BCUT2D eigenvalue weighted by atomic mass is 10.1. The first-order valence-electron chi connectivity index (χ1n) is 10.0. The van der Waals surface area contributed by atoms with E-state index in [4.69, 9.17) is 11.5 Å². The number of nitrogens with zero attached hydrogens (tertiary/aromatic N) is 1. The van der Waals surface area contributed by atoms with E-state index in [9.17, 15) is 4.79 Å². The minimum Gasteiger partial charge on any atom is -0.340 e. The molecule has 5 heteroatoms. The second-order valence-electron chi connectivity index (χ2n) is 7.38. The fraction of sp³-hybridized carbons (Fsp3) is 0.667. The average molecular weight is 363 g/mol. The highest BCUT2D eigenvalue weighted by Crippen LogP contribution is 2.06. The molecule has 1 aromatic carbocycles. The van der Waals surface area contributed by atoms with E-state index in [2.05, 4.69) is 43.4 Å².